The second kappa shape index (κ2) is 6.19. The largest absolute Gasteiger partial charge is 0.459 e. The molecule has 0 aliphatic carbocycles. The molecule has 0 fully saturated rings. The van der Waals surface area contributed by atoms with E-state index in [1.807, 2.05) is 24.7 Å². The van der Waals surface area contributed by atoms with Crippen LogP contribution < -0.4 is 0 Å². The third-order valence-electron chi connectivity index (χ3n) is 4.48. The second-order valence-electron chi connectivity index (χ2n) is 6.41. The van der Waals surface area contributed by atoms with Crippen molar-refractivity contribution >= 4 is 5.91 Å². The minimum absolute atomic E-state index is 0.113. The van der Waals surface area contributed by atoms with Crippen molar-refractivity contribution in [3.05, 3.63) is 54.0 Å². The van der Waals surface area contributed by atoms with Gasteiger partial charge in [0.05, 0.1) is 12.8 Å². The Hall–Kier alpha value is -2.90. The summed E-state index contributed by atoms with van der Waals surface area (Å²) in [6.07, 6.45) is 5.26. The molecular formula is C17H20N6O2. The van der Waals surface area contributed by atoms with Gasteiger partial charge in [0.1, 0.15) is 17.5 Å². The van der Waals surface area contributed by atoms with E-state index in [1.165, 1.54) is 6.26 Å². The van der Waals surface area contributed by atoms with E-state index in [1.54, 1.807) is 23.2 Å². The van der Waals surface area contributed by atoms with Gasteiger partial charge in [-0.3, -0.25) is 4.79 Å². The summed E-state index contributed by atoms with van der Waals surface area (Å²) in [5, 5.41) is 4.46. The van der Waals surface area contributed by atoms with Gasteiger partial charge in [-0.1, -0.05) is 0 Å². The molecule has 1 aliphatic rings. The quantitative estimate of drug-likeness (QED) is 0.724. The van der Waals surface area contributed by atoms with Crippen molar-refractivity contribution < 1.29 is 9.21 Å². The third-order valence-corrected chi connectivity index (χ3v) is 4.48. The van der Waals surface area contributed by atoms with Gasteiger partial charge in [-0.15, -0.1) is 0 Å². The fraction of sp³-hybridized carbons (Fsp3) is 0.412. The van der Waals surface area contributed by atoms with Crippen molar-refractivity contribution in [2.75, 3.05) is 6.54 Å². The lowest BCUT2D eigenvalue weighted by atomic mass is 10.1. The fourth-order valence-electron chi connectivity index (χ4n) is 3.35. The molecular weight excluding hydrogens is 320 g/mol. The molecule has 4 heterocycles. The molecule has 0 saturated heterocycles. The number of amides is 1. The lowest BCUT2D eigenvalue weighted by Crippen LogP contribution is -2.35. The van der Waals surface area contributed by atoms with Crippen molar-refractivity contribution in [2.24, 2.45) is 5.92 Å². The number of imidazole rings is 1. The maximum absolute atomic E-state index is 12.8. The van der Waals surface area contributed by atoms with Crippen LogP contribution in [0, 0.1) is 19.8 Å². The molecule has 25 heavy (non-hydrogen) atoms. The maximum Gasteiger partial charge on any atom is 0.289 e. The Bertz CT molecular complexity index is 879. The first kappa shape index (κ1) is 15.6. The number of fused-ring (bicyclic) bond motifs is 1. The monoisotopic (exact) mass is 340 g/mol. The predicted octanol–water partition coefficient (Wildman–Crippen LogP) is 1.66. The van der Waals surface area contributed by atoms with Gasteiger partial charge in [0.15, 0.2) is 5.76 Å². The summed E-state index contributed by atoms with van der Waals surface area (Å²) in [5.41, 5.74) is 0. The standard InChI is InChI=1S/C17H20N6O2/c1-12-19-13(2)23(20-12)10-14-8-21-6-5-18-16(21)11-22(9-14)17(24)15-4-3-7-25-15/h3-7,14H,8-11H2,1-2H3/t14-/m0/s1. The Morgan fingerprint density at radius 2 is 2.24 bits per heavy atom. The van der Waals surface area contributed by atoms with Crippen LogP contribution in [-0.2, 0) is 19.6 Å². The number of rotatable bonds is 3. The van der Waals surface area contributed by atoms with Crippen LogP contribution in [0.1, 0.15) is 28.0 Å². The zero-order chi connectivity index (χ0) is 17.4. The van der Waals surface area contributed by atoms with Crippen LogP contribution >= 0.6 is 0 Å². The van der Waals surface area contributed by atoms with Crippen LogP contribution in [0.5, 0.6) is 0 Å². The zero-order valence-corrected chi connectivity index (χ0v) is 14.3. The van der Waals surface area contributed by atoms with Gasteiger partial charge in [-0.05, 0) is 26.0 Å². The van der Waals surface area contributed by atoms with E-state index >= 15 is 0 Å². The number of carbonyl (C=O) groups excluding carboxylic acids is 1. The molecule has 0 bridgehead atoms. The molecule has 3 aromatic rings. The van der Waals surface area contributed by atoms with Gasteiger partial charge >= 0.3 is 0 Å². The lowest BCUT2D eigenvalue weighted by Gasteiger charge is -2.23. The van der Waals surface area contributed by atoms with E-state index in [0.29, 0.717) is 25.4 Å². The Balaban J connectivity index is 1.61. The van der Waals surface area contributed by atoms with E-state index < -0.39 is 0 Å². The van der Waals surface area contributed by atoms with Crippen LogP contribution in [-0.4, -0.2) is 41.7 Å². The first-order valence-corrected chi connectivity index (χ1v) is 8.31. The van der Waals surface area contributed by atoms with E-state index in [4.69, 9.17) is 4.42 Å². The normalized spacial score (nSPS) is 17.4. The van der Waals surface area contributed by atoms with Gasteiger partial charge in [0.25, 0.3) is 5.91 Å². The predicted molar refractivity (Wildman–Crippen MR) is 88.7 cm³/mol. The van der Waals surface area contributed by atoms with Crippen LogP contribution in [0.2, 0.25) is 0 Å². The molecule has 3 aromatic heterocycles. The summed E-state index contributed by atoms with van der Waals surface area (Å²) in [6, 6.07) is 3.42. The first-order valence-electron chi connectivity index (χ1n) is 8.31. The van der Waals surface area contributed by atoms with Crippen molar-refractivity contribution in [1.82, 2.24) is 29.2 Å². The molecule has 0 aromatic carbocycles. The molecule has 0 spiro atoms. The first-order chi connectivity index (χ1) is 12.1. The topological polar surface area (TPSA) is 82.0 Å². The molecule has 0 N–H and O–H groups in total. The number of furan rings is 1. The highest BCUT2D eigenvalue weighted by atomic mass is 16.3. The highest BCUT2D eigenvalue weighted by Crippen LogP contribution is 2.19. The molecule has 0 radical (unpaired) electrons. The van der Waals surface area contributed by atoms with Crippen LogP contribution in [0.25, 0.3) is 0 Å². The van der Waals surface area contributed by atoms with Gasteiger partial charge in [-0.25, -0.2) is 14.6 Å². The van der Waals surface area contributed by atoms with E-state index in [9.17, 15) is 4.79 Å². The summed E-state index contributed by atoms with van der Waals surface area (Å²) in [7, 11) is 0. The summed E-state index contributed by atoms with van der Waals surface area (Å²) >= 11 is 0. The highest BCUT2D eigenvalue weighted by molar-refractivity contribution is 5.91. The summed E-state index contributed by atoms with van der Waals surface area (Å²) in [5.74, 6) is 2.97. The summed E-state index contributed by atoms with van der Waals surface area (Å²) in [6.45, 7) is 6.41. The van der Waals surface area contributed by atoms with Crippen LogP contribution in [0.15, 0.2) is 35.2 Å². The molecule has 8 heteroatoms. The molecule has 1 aliphatic heterocycles. The zero-order valence-electron chi connectivity index (χ0n) is 14.3. The number of carbonyl (C=O) groups is 1. The van der Waals surface area contributed by atoms with Crippen molar-refractivity contribution in [3.63, 3.8) is 0 Å². The maximum atomic E-state index is 12.8. The summed E-state index contributed by atoms with van der Waals surface area (Å²) in [4.78, 5) is 23.3. The van der Waals surface area contributed by atoms with Crippen molar-refractivity contribution in [3.8, 4) is 0 Å². The molecule has 1 atom stereocenters. The average Bonchev–Trinajstić information content (AvgIpc) is 3.28. The third kappa shape index (κ3) is 3.07. The number of hydrogen-bond donors (Lipinski definition) is 0. The van der Waals surface area contributed by atoms with Crippen molar-refractivity contribution in [2.45, 2.75) is 33.5 Å². The fourth-order valence-corrected chi connectivity index (χ4v) is 3.35. The summed E-state index contributed by atoms with van der Waals surface area (Å²) < 4.78 is 9.31. The minimum atomic E-state index is -0.113. The smallest absolute Gasteiger partial charge is 0.289 e. The SMILES string of the molecule is Cc1nc(C)n(C[C@@H]2CN(C(=O)c3ccco3)Cc3nccn3C2)n1. The Morgan fingerprint density at radius 1 is 1.36 bits per heavy atom. The average molecular weight is 340 g/mol. The van der Waals surface area contributed by atoms with Crippen LogP contribution in [0.3, 0.4) is 0 Å². The Kier molecular flexibility index (Phi) is 3.87. The molecule has 0 unspecified atom stereocenters. The number of nitrogens with zero attached hydrogens (tertiary/aromatic N) is 6. The number of aryl methyl sites for hydroxylation is 2. The second-order valence-corrected chi connectivity index (χ2v) is 6.41. The molecule has 130 valence electrons. The van der Waals surface area contributed by atoms with Crippen LogP contribution in [0.4, 0.5) is 0 Å². The number of hydrogen-bond acceptors (Lipinski definition) is 5. The van der Waals surface area contributed by atoms with Gasteiger partial charge in [-0.2, -0.15) is 5.10 Å². The van der Waals surface area contributed by atoms with E-state index in [2.05, 4.69) is 19.6 Å². The highest BCUT2D eigenvalue weighted by Gasteiger charge is 2.28. The molecule has 8 nitrogen and oxygen atoms in total. The van der Waals surface area contributed by atoms with E-state index in [0.717, 1.165) is 24.0 Å². The molecule has 0 saturated carbocycles. The van der Waals surface area contributed by atoms with Gasteiger partial charge in [0.2, 0.25) is 0 Å². The molecule has 4 rings (SSSR count). The van der Waals surface area contributed by atoms with E-state index in [-0.39, 0.29) is 11.8 Å². The Labute approximate surface area is 145 Å². The van der Waals surface area contributed by atoms with Gasteiger partial charge < -0.3 is 13.9 Å². The van der Waals surface area contributed by atoms with Crippen molar-refractivity contribution in [1.29, 1.82) is 0 Å². The van der Waals surface area contributed by atoms with Gasteiger partial charge in [0, 0.05) is 37.9 Å². The lowest BCUT2D eigenvalue weighted by molar-refractivity contribution is 0.0680. The Morgan fingerprint density at radius 3 is 2.96 bits per heavy atom. The number of aromatic nitrogens is 5. The molecule has 1 amide bonds. The minimum Gasteiger partial charge on any atom is -0.459 e.